The zero-order chi connectivity index (χ0) is 14.0. The average molecular weight is 284 g/mol. The maximum atomic E-state index is 12.8. The number of thioether (sulfide) groups is 1. The van der Waals surface area contributed by atoms with Gasteiger partial charge in [-0.2, -0.15) is 11.8 Å². The largest absolute Gasteiger partial charge is 0.322 e. The van der Waals surface area contributed by atoms with Crippen LogP contribution in [0.25, 0.3) is 0 Å². The smallest absolute Gasteiger partial charge is 0.241 e. The fourth-order valence-corrected chi connectivity index (χ4v) is 4.28. The molecule has 4 heteroatoms. The van der Waals surface area contributed by atoms with Crippen molar-refractivity contribution in [3.63, 3.8) is 0 Å². The minimum absolute atomic E-state index is 0.0318. The van der Waals surface area contributed by atoms with E-state index in [1.807, 2.05) is 11.8 Å². The van der Waals surface area contributed by atoms with E-state index >= 15 is 0 Å². The van der Waals surface area contributed by atoms with E-state index in [-0.39, 0.29) is 12.2 Å². The Bertz CT molecular complexity index is 315. The number of amides is 1. The van der Waals surface area contributed by atoms with Gasteiger partial charge in [-0.05, 0) is 30.4 Å². The highest BCUT2D eigenvalue weighted by Gasteiger charge is 2.45. The van der Waals surface area contributed by atoms with Crippen LogP contribution in [0.2, 0.25) is 0 Å². The number of carbonyl (C=O) groups excluding carboxylic acids is 1. The van der Waals surface area contributed by atoms with E-state index in [4.69, 9.17) is 0 Å². The molecular weight excluding hydrogens is 256 g/mol. The number of carbonyl (C=O) groups is 1. The van der Waals surface area contributed by atoms with Crippen molar-refractivity contribution >= 4 is 17.7 Å². The van der Waals surface area contributed by atoms with Crippen LogP contribution in [0.5, 0.6) is 0 Å². The molecule has 0 aliphatic carbocycles. The Morgan fingerprint density at radius 1 is 1.42 bits per heavy atom. The molecule has 2 heterocycles. The highest BCUT2D eigenvalue weighted by atomic mass is 32.2. The second-order valence-electron chi connectivity index (χ2n) is 6.34. The summed E-state index contributed by atoms with van der Waals surface area (Å²) in [7, 11) is 0. The minimum atomic E-state index is 0.0318. The first kappa shape index (κ1) is 15.2. The summed E-state index contributed by atoms with van der Waals surface area (Å²) in [5, 5.41) is 3.61. The maximum Gasteiger partial charge on any atom is 0.241 e. The Balaban J connectivity index is 2.15. The Kier molecular flexibility index (Phi) is 5.18. The third kappa shape index (κ3) is 3.10. The molecule has 0 aromatic rings. The third-order valence-electron chi connectivity index (χ3n) is 4.54. The lowest BCUT2D eigenvalue weighted by Gasteiger charge is -2.36. The molecule has 110 valence electrons. The van der Waals surface area contributed by atoms with Gasteiger partial charge < -0.3 is 4.90 Å². The Morgan fingerprint density at radius 3 is 2.68 bits per heavy atom. The fourth-order valence-electron chi connectivity index (χ4n) is 3.14. The average Bonchev–Trinajstić information content (AvgIpc) is 2.77. The quantitative estimate of drug-likeness (QED) is 0.861. The topological polar surface area (TPSA) is 32.3 Å². The number of rotatable bonds is 4. The Morgan fingerprint density at radius 2 is 2.16 bits per heavy atom. The first-order valence-corrected chi connectivity index (χ1v) is 8.87. The van der Waals surface area contributed by atoms with E-state index in [1.165, 1.54) is 18.6 Å². The van der Waals surface area contributed by atoms with Gasteiger partial charge in [0.05, 0.1) is 12.2 Å². The van der Waals surface area contributed by atoms with E-state index in [2.05, 4.69) is 37.9 Å². The van der Waals surface area contributed by atoms with Crippen molar-refractivity contribution < 1.29 is 4.79 Å². The van der Waals surface area contributed by atoms with E-state index in [9.17, 15) is 4.79 Å². The molecule has 3 nitrogen and oxygen atoms in total. The SMILES string of the molecule is CCC(C)C1NC(C(C)C)N(C2CCCSC2)C1=O. The standard InChI is InChI=1S/C15H28N2OS/c1-5-11(4)13-15(18)17(14(16-13)10(2)3)12-7-6-8-19-9-12/h10-14,16H,5-9H2,1-4H3. The predicted octanol–water partition coefficient (Wildman–Crippen LogP) is 2.71. The van der Waals surface area contributed by atoms with Gasteiger partial charge in [-0.25, -0.2) is 0 Å². The lowest BCUT2D eigenvalue weighted by atomic mass is 9.99. The summed E-state index contributed by atoms with van der Waals surface area (Å²) >= 11 is 2.00. The lowest BCUT2D eigenvalue weighted by Crippen LogP contribution is -2.49. The van der Waals surface area contributed by atoms with Gasteiger partial charge in [-0.1, -0.05) is 34.1 Å². The molecule has 4 atom stereocenters. The van der Waals surface area contributed by atoms with Crippen LogP contribution in [0.4, 0.5) is 0 Å². The zero-order valence-corrected chi connectivity index (χ0v) is 13.5. The molecule has 0 aromatic heterocycles. The van der Waals surface area contributed by atoms with E-state index in [1.54, 1.807) is 0 Å². The highest BCUT2D eigenvalue weighted by molar-refractivity contribution is 7.99. The third-order valence-corrected chi connectivity index (χ3v) is 5.74. The van der Waals surface area contributed by atoms with Crippen LogP contribution in [0.3, 0.4) is 0 Å². The van der Waals surface area contributed by atoms with Crippen molar-refractivity contribution in [2.24, 2.45) is 11.8 Å². The van der Waals surface area contributed by atoms with Crippen LogP contribution in [-0.2, 0) is 4.79 Å². The zero-order valence-electron chi connectivity index (χ0n) is 12.7. The number of nitrogens with one attached hydrogen (secondary N) is 1. The van der Waals surface area contributed by atoms with Gasteiger partial charge >= 0.3 is 0 Å². The van der Waals surface area contributed by atoms with Crippen LogP contribution in [0, 0.1) is 11.8 Å². The highest BCUT2D eigenvalue weighted by Crippen LogP contribution is 2.30. The van der Waals surface area contributed by atoms with Crippen molar-refractivity contribution in [1.82, 2.24) is 10.2 Å². The van der Waals surface area contributed by atoms with E-state index in [0.717, 1.165) is 12.2 Å². The van der Waals surface area contributed by atoms with Crippen molar-refractivity contribution in [2.75, 3.05) is 11.5 Å². The molecule has 2 saturated heterocycles. The van der Waals surface area contributed by atoms with Gasteiger partial charge in [0.2, 0.25) is 5.91 Å². The molecule has 19 heavy (non-hydrogen) atoms. The van der Waals surface area contributed by atoms with Crippen LogP contribution < -0.4 is 5.32 Å². The molecule has 0 aromatic carbocycles. The van der Waals surface area contributed by atoms with Gasteiger partial charge in [0.15, 0.2) is 0 Å². The summed E-state index contributed by atoms with van der Waals surface area (Å²) in [5.41, 5.74) is 0. The summed E-state index contributed by atoms with van der Waals surface area (Å²) in [4.78, 5) is 15.0. The van der Waals surface area contributed by atoms with Gasteiger partial charge in [-0.3, -0.25) is 10.1 Å². The van der Waals surface area contributed by atoms with Crippen molar-refractivity contribution in [1.29, 1.82) is 0 Å². The minimum Gasteiger partial charge on any atom is -0.322 e. The summed E-state index contributed by atoms with van der Waals surface area (Å²) in [6.45, 7) is 8.79. The normalized spacial score (nSPS) is 34.1. The van der Waals surface area contributed by atoms with Crippen LogP contribution in [0.15, 0.2) is 0 Å². The summed E-state index contributed by atoms with van der Waals surface area (Å²) < 4.78 is 0. The second-order valence-corrected chi connectivity index (χ2v) is 7.49. The molecule has 2 aliphatic heterocycles. The molecule has 1 N–H and O–H groups in total. The van der Waals surface area contributed by atoms with E-state index < -0.39 is 0 Å². The predicted molar refractivity (Wildman–Crippen MR) is 82.2 cm³/mol. The van der Waals surface area contributed by atoms with Crippen molar-refractivity contribution in [3.05, 3.63) is 0 Å². The molecule has 0 bridgehead atoms. The number of hydrogen-bond donors (Lipinski definition) is 1. The van der Waals surface area contributed by atoms with Gasteiger partial charge in [0, 0.05) is 11.8 Å². The first-order valence-electron chi connectivity index (χ1n) is 7.72. The van der Waals surface area contributed by atoms with Crippen molar-refractivity contribution in [2.45, 2.75) is 65.2 Å². The number of hydrogen-bond acceptors (Lipinski definition) is 3. The fraction of sp³-hybridized carbons (Fsp3) is 0.933. The molecule has 0 spiro atoms. The molecular formula is C15H28N2OS. The van der Waals surface area contributed by atoms with Crippen molar-refractivity contribution in [3.8, 4) is 0 Å². The molecule has 4 unspecified atom stereocenters. The van der Waals surface area contributed by atoms with Gasteiger partial charge in [0.25, 0.3) is 0 Å². The number of nitrogens with zero attached hydrogens (tertiary/aromatic N) is 1. The summed E-state index contributed by atoms with van der Waals surface area (Å²) in [6.07, 6.45) is 3.71. The molecule has 0 radical (unpaired) electrons. The Hall–Kier alpha value is -0.220. The van der Waals surface area contributed by atoms with Crippen LogP contribution in [-0.4, -0.2) is 40.6 Å². The lowest BCUT2D eigenvalue weighted by molar-refractivity contribution is -0.133. The van der Waals surface area contributed by atoms with Crippen LogP contribution >= 0.6 is 11.8 Å². The molecule has 0 saturated carbocycles. The second kappa shape index (κ2) is 6.49. The monoisotopic (exact) mass is 284 g/mol. The summed E-state index contributed by atoms with van der Waals surface area (Å²) in [6, 6.07) is 0.476. The molecule has 2 aliphatic rings. The van der Waals surface area contributed by atoms with Gasteiger partial charge in [0.1, 0.15) is 0 Å². The van der Waals surface area contributed by atoms with E-state index in [0.29, 0.717) is 23.8 Å². The summed E-state index contributed by atoms with van der Waals surface area (Å²) in [5.74, 6) is 3.62. The first-order chi connectivity index (χ1) is 9.06. The maximum absolute atomic E-state index is 12.8. The molecule has 2 fully saturated rings. The Labute approximate surface area is 121 Å². The van der Waals surface area contributed by atoms with Gasteiger partial charge in [-0.15, -0.1) is 0 Å². The van der Waals surface area contributed by atoms with Crippen LogP contribution in [0.1, 0.15) is 47.0 Å². The molecule has 2 rings (SSSR count). The molecule has 1 amide bonds.